The second-order valence-electron chi connectivity index (χ2n) is 6.36. The van der Waals surface area contributed by atoms with Gasteiger partial charge >= 0.3 is 0 Å². The van der Waals surface area contributed by atoms with Crippen LogP contribution in [0.1, 0.15) is 25.5 Å². The fraction of sp³-hybridized carbons (Fsp3) is 0.300. The molecule has 6 heteroatoms. The van der Waals surface area contributed by atoms with Crippen LogP contribution in [0, 0.1) is 0 Å². The smallest absolute Gasteiger partial charge is 0.245 e. The van der Waals surface area contributed by atoms with E-state index in [1.54, 1.807) is 6.33 Å². The van der Waals surface area contributed by atoms with Gasteiger partial charge in [0, 0.05) is 13.1 Å². The van der Waals surface area contributed by atoms with Crippen molar-refractivity contribution >= 4 is 16.9 Å². The molecule has 6 nitrogen and oxygen atoms in total. The number of hydrogen-bond acceptors (Lipinski definition) is 4. The van der Waals surface area contributed by atoms with E-state index in [4.69, 9.17) is 9.47 Å². The average Bonchev–Trinajstić information content (AvgIpc) is 3.31. The third-order valence-corrected chi connectivity index (χ3v) is 4.76. The van der Waals surface area contributed by atoms with Crippen LogP contribution in [0.3, 0.4) is 0 Å². The molecule has 0 aliphatic carbocycles. The molecule has 4 rings (SSSR count). The molecule has 1 aliphatic rings. The number of ether oxygens (including phenoxy) is 2. The zero-order valence-electron chi connectivity index (χ0n) is 14.9. The molecule has 0 spiro atoms. The Hall–Kier alpha value is -3.02. The van der Waals surface area contributed by atoms with Crippen LogP contribution in [0.4, 0.5) is 0 Å². The number of carbonyl (C=O) groups is 1. The molecule has 1 aromatic heterocycles. The third kappa shape index (κ3) is 2.87. The Morgan fingerprint density at radius 1 is 1.23 bits per heavy atom. The van der Waals surface area contributed by atoms with E-state index >= 15 is 0 Å². The van der Waals surface area contributed by atoms with Gasteiger partial charge in [0.15, 0.2) is 11.5 Å². The van der Waals surface area contributed by atoms with Crippen LogP contribution < -0.4 is 9.47 Å². The monoisotopic (exact) mass is 351 g/mol. The summed E-state index contributed by atoms with van der Waals surface area (Å²) in [6.45, 7) is 5.31. The Morgan fingerprint density at radius 3 is 2.88 bits per heavy atom. The summed E-state index contributed by atoms with van der Waals surface area (Å²) >= 11 is 0. The Balaban J connectivity index is 1.55. The molecule has 2 heterocycles. The van der Waals surface area contributed by atoms with E-state index in [0.29, 0.717) is 13.1 Å². The normalized spacial score (nSPS) is 13.8. The maximum Gasteiger partial charge on any atom is 0.245 e. The summed E-state index contributed by atoms with van der Waals surface area (Å²) in [5.74, 6) is 1.55. The first-order valence-electron chi connectivity index (χ1n) is 8.76. The molecule has 0 radical (unpaired) electrons. The topological polar surface area (TPSA) is 56.6 Å². The van der Waals surface area contributed by atoms with Crippen LogP contribution >= 0.6 is 0 Å². The molecule has 0 unspecified atom stereocenters. The number of fused-ring (bicyclic) bond motifs is 2. The lowest BCUT2D eigenvalue weighted by atomic mass is 10.1. The fourth-order valence-corrected chi connectivity index (χ4v) is 3.28. The van der Waals surface area contributed by atoms with E-state index in [2.05, 4.69) is 4.98 Å². The number of nitrogens with zero attached hydrogens (tertiary/aromatic N) is 3. The molecule has 1 aliphatic heterocycles. The summed E-state index contributed by atoms with van der Waals surface area (Å²) in [4.78, 5) is 19.3. The lowest BCUT2D eigenvalue weighted by Gasteiger charge is -2.25. The van der Waals surface area contributed by atoms with Crippen molar-refractivity contribution in [3.05, 3.63) is 54.4 Å². The predicted molar refractivity (Wildman–Crippen MR) is 98.1 cm³/mol. The van der Waals surface area contributed by atoms with Gasteiger partial charge < -0.3 is 18.9 Å². The van der Waals surface area contributed by atoms with Crippen molar-refractivity contribution in [2.45, 2.75) is 26.4 Å². The highest BCUT2D eigenvalue weighted by Gasteiger charge is 2.23. The van der Waals surface area contributed by atoms with Crippen LogP contribution in [0.5, 0.6) is 11.5 Å². The molecular weight excluding hydrogens is 330 g/mol. The van der Waals surface area contributed by atoms with Gasteiger partial charge in [0.1, 0.15) is 6.04 Å². The zero-order chi connectivity index (χ0) is 18.1. The molecule has 134 valence electrons. The molecule has 3 aromatic rings. The quantitative estimate of drug-likeness (QED) is 0.707. The second-order valence-corrected chi connectivity index (χ2v) is 6.36. The number of carbonyl (C=O) groups excluding carboxylic acids is 1. The van der Waals surface area contributed by atoms with Gasteiger partial charge in [-0.2, -0.15) is 0 Å². The van der Waals surface area contributed by atoms with Gasteiger partial charge in [-0.25, -0.2) is 4.98 Å². The zero-order valence-corrected chi connectivity index (χ0v) is 14.9. The van der Waals surface area contributed by atoms with Crippen LogP contribution in [0.2, 0.25) is 0 Å². The van der Waals surface area contributed by atoms with E-state index in [1.165, 1.54) is 0 Å². The first-order valence-corrected chi connectivity index (χ1v) is 8.76. The molecule has 0 saturated heterocycles. The van der Waals surface area contributed by atoms with Crippen molar-refractivity contribution in [3.8, 4) is 11.5 Å². The van der Waals surface area contributed by atoms with Gasteiger partial charge in [-0.15, -0.1) is 0 Å². The first kappa shape index (κ1) is 16.4. The maximum atomic E-state index is 13.1. The lowest BCUT2D eigenvalue weighted by Crippen LogP contribution is -2.35. The minimum atomic E-state index is -0.323. The lowest BCUT2D eigenvalue weighted by molar-refractivity contribution is -0.134. The first-order chi connectivity index (χ1) is 12.7. The molecular formula is C20H21N3O3. The number of likely N-dealkylation sites (N-methyl/N-ethyl adjacent to an activating group) is 1. The van der Waals surface area contributed by atoms with Gasteiger partial charge in [-0.05, 0) is 43.7 Å². The van der Waals surface area contributed by atoms with Gasteiger partial charge in [0.2, 0.25) is 12.7 Å². The van der Waals surface area contributed by atoms with E-state index in [0.717, 1.165) is 28.1 Å². The van der Waals surface area contributed by atoms with Crippen molar-refractivity contribution in [2.75, 3.05) is 13.3 Å². The Labute approximate surface area is 152 Å². The molecule has 0 N–H and O–H groups in total. The summed E-state index contributed by atoms with van der Waals surface area (Å²) in [5, 5.41) is 0. The van der Waals surface area contributed by atoms with Crippen molar-refractivity contribution in [1.82, 2.24) is 14.5 Å². The van der Waals surface area contributed by atoms with Crippen molar-refractivity contribution < 1.29 is 14.3 Å². The van der Waals surface area contributed by atoms with Crippen LogP contribution in [0.25, 0.3) is 11.0 Å². The number of hydrogen-bond donors (Lipinski definition) is 0. The standard InChI is InChI=1S/C20H21N3O3/c1-3-22(11-15-8-9-18-19(10-15)26-13-25-18)20(24)14(2)23-12-21-16-6-4-5-7-17(16)23/h4-10,12,14H,3,11,13H2,1-2H3/t14-/m0/s1. The molecule has 26 heavy (non-hydrogen) atoms. The van der Waals surface area contributed by atoms with Gasteiger partial charge in [0.05, 0.1) is 17.4 Å². The van der Waals surface area contributed by atoms with Gasteiger partial charge in [0.25, 0.3) is 0 Å². The highest BCUT2D eigenvalue weighted by atomic mass is 16.7. The minimum Gasteiger partial charge on any atom is -0.454 e. The number of aromatic nitrogens is 2. The van der Waals surface area contributed by atoms with Gasteiger partial charge in [-0.3, -0.25) is 4.79 Å². The molecule has 1 amide bonds. The van der Waals surface area contributed by atoms with E-state index in [1.807, 2.05) is 65.8 Å². The Bertz CT molecular complexity index is 950. The summed E-state index contributed by atoms with van der Waals surface area (Å²) in [6, 6.07) is 13.3. The van der Waals surface area contributed by atoms with Crippen LogP contribution in [0.15, 0.2) is 48.8 Å². The van der Waals surface area contributed by atoms with Crippen molar-refractivity contribution in [2.24, 2.45) is 0 Å². The maximum absolute atomic E-state index is 13.1. The highest BCUT2D eigenvalue weighted by molar-refractivity contribution is 5.83. The Morgan fingerprint density at radius 2 is 2.04 bits per heavy atom. The van der Waals surface area contributed by atoms with Crippen molar-refractivity contribution in [3.63, 3.8) is 0 Å². The van der Waals surface area contributed by atoms with Crippen LogP contribution in [-0.2, 0) is 11.3 Å². The number of benzene rings is 2. The largest absolute Gasteiger partial charge is 0.454 e. The summed E-state index contributed by atoms with van der Waals surface area (Å²) in [5.41, 5.74) is 2.88. The Kier molecular flexibility index (Phi) is 4.24. The SMILES string of the molecule is CCN(Cc1ccc2c(c1)OCO2)C(=O)[C@H](C)n1cnc2ccccc21. The molecule has 0 fully saturated rings. The third-order valence-electron chi connectivity index (χ3n) is 4.76. The average molecular weight is 351 g/mol. The second kappa shape index (κ2) is 6.71. The molecule has 1 atom stereocenters. The predicted octanol–water partition coefficient (Wildman–Crippen LogP) is 3.37. The molecule has 0 bridgehead atoms. The molecule has 2 aromatic carbocycles. The molecule has 0 saturated carbocycles. The van der Waals surface area contributed by atoms with Crippen molar-refractivity contribution in [1.29, 1.82) is 0 Å². The number of rotatable bonds is 5. The summed E-state index contributed by atoms with van der Waals surface area (Å²) < 4.78 is 12.7. The summed E-state index contributed by atoms with van der Waals surface area (Å²) in [6.07, 6.45) is 1.74. The number of amides is 1. The summed E-state index contributed by atoms with van der Waals surface area (Å²) in [7, 11) is 0. The van der Waals surface area contributed by atoms with E-state index in [9.17, 15) is 4.79 Å². The highest BCUT2D eigenvalue weighted by Crippen LogP contribution is 2.33. The minimum absolute atomic E-state index is 0.0633. The van der Waals surface area contributed by atoms with Crippen LogP contribution in [-0.4, -0.2) is 33.7 Å². The van der Waals surface area contributed by atoms with E-state index < -0.39 is 0 Å². The number of imidazole rings is 1. The number of para-hydroxylation sites is 2. The van der Waals surface area contributed by atoms with E-state index in [-0.39, 0.29) is 18.7 Å². The fourth-order valence-electron chi connectivity index (χ4n) is 3.28. The van der Waals surface area contributed by atoms with Gasteiger partial charge in [-0.1, -0.05) is 18.2 Å².